The van der Waals surface area contributed by atoms with E-state index in [9.17, 15) is 0 Å². The molecule has 2 aromatic carbocycles. The molecule has 2 heterocycles. The first-order chi connectivity index (χ1) is 19.9. The zero-order valence-corrected chi connectivity index (χ0v) is 24.8. The van der Waals surface area contributed by atoms with Crippen molar-refractivity contribution in [3.8, 4) is 0 Å². The predicted molar refractivity (Wildman–Crippen MR) is 170 cm³/mol. The van der Waals surface area contributed by atoms with Gasteiger partial charge >= 0.3 is 11.9 Å². The van der Waals surface area contributed by atoms with Crippen LogP contribution in [0.25, 0.3) is 0 Å². The highest BCUT2D eigenvalue weighted by Crippen LogP contribution is 2.22. The Bertz CT molecular complexity index is 1290. The van der Waals surface area contributed by atoms with Crippen LogP contribution in [0.15, 0.2) is 81.6 Å². The van der Waals surface area contributed by atoms with E-state index in [-0.39, 0.29) is 14.9 Å². The monoisotopic (exact) mass is 592 g/mol. The molecule has 0 atom stereocenters. The number of benzene rings is 2. The number of anilines is 2. The van der Waals surface area contributed by atoms with Crippen molar-refractivity contribution in [2.24, 2.45) is 48.6 Å². The van der Waals surface area contributed by atoms with Gasteiger partial charge in [0.2, 0.25) is 12.7 Å². The van der Waals surface area contributed by atoms with Crippen molar-refractivity contribution in [2.45, 2.75) is 28.7 Å². The maximum atomic E-state index is 6.02. The molecular weight excluding hydrogens is 544 g/mol. The van der Waals surface area contributed by atoms with Crippen LogP contribution in [0.3, 0.4) is 0 Å². The third kappa shape index (κ3) is 9.23. The van der Waals surface area contributed by atoms with Gasteiger partial charge in [-0.1, -0.05) is 25.1 Å². The van der Waals surface area contributed by atoms with Gasteiger partial charge in [-0.2, -0.15) is 0 Å². The van der Waals surface area contributed by atoms with Crippen LogP contribution in [-0.4, -0.2) is 59.0 Å². The van der Waals surface area contributed by atoms with Crippen molar-refractivity contribution in [2.75, 3.05) is 49.2 Å². The summed E-state index contributed by atoms with van der Waals surface area (Å²) in [6, 6.07) is 16.2. The minimum atomic E-state index is 0. The minimum absolute atomic E-state index is 0. The summed E-state index contributed by atoms with van der Waals surface area (Å²) in [7, 11) is 7.47. The normalized spacial score (nSPS) is 11.1. The van der Waals surface area contributed by atoms with Crippen molar-refractivity contribution in [1.29, 1.82) is 0 Å². The molecule has 43 heavy (non-hydrogen) atoms. The topological polar surface area (TPSA) is 109 Å². The van der Waals surface area contributed by atoms with Crippen LogP contribution in [0.1, 0.15) is 28.7 Å². The minimum Gasteiger partial charge on any atom is -0.378 e. The van der Waals surface area contributed by atoms with E-state index in [4.69, 9.17) is 4.74 Å². The Morgan fingerprint density at radius 1 is 0.651 bits per heavy atom. The Hall–Kier alpha value is -4.52. The molecule has 4 aromatic rings. The van der Waals surface area contributed by atoms with E-state index in [1.807, 2.05) is 61.6 Å². The Kier molecular flexibility index (Phi) is 13.6. The maximum Gasteiger partial charge on any atom is 0.403 e. The van der Waals surface area contributed by atoms with Crippen molar-refractivity contribution in [1.82, 2.24) is 19.6 Å². The Labute approximate surface area is 255 Å². The van der Waals surface area contributed by atoms with Gasteiger partial charge in [-0.05, 0) is 72.6 Å². The van der Waals surface area contributed by atoms with Crippen LogP contribution in [0.5, 0.6) is 0 Å². The lowest BCUT2D eigenvalue weighted by molar-refractivity contribution is -0.659. The number of azo groups is 2. The van der Waals surface area contributed by atoms with E-state index >= 15 is 0 Å². The molecule has 0 fully saturated rings. The molecule has 0 aliphatic rings. The summed E-state index contributed by atoms with van der Waals surface area (Å²) in [6.07, 6.45) is 3.41. The first-order valence-corrected chi connectivity index (χ1v) is 13.8. The smallest absolute Gasteiger partial charge is 0.378 e. The largest absolute Gasteiger partial charge is 0.403 e. The van der Waals surface area contributed by atoms with Crippen LogP contribution in [-0.2, 0) is 32.9 Å². The van der Waals surface area contributed by atoms with E-state index in [0.29, 0.717) is 25.1 Å². The lowest BCUT2D eigenvalue weighted by Gasteiger charge is -2.25. The van der Waals surface area contributed by atoms with Gasteiger partial charge in [0.05, 0.1) is 52.8 Å². The summed E-state index contributed by atoms with van der Waals surface area (Å²) in [6.45, 7) is 8.98. The average Bonchev–Trinajstić information content (AvgIpc) is 3.49. The summed E-state index contributed by atoms with van der Waals surface area (Å²) >= 11 is 0. The molecule has 13 nitrogen and oxygen atoms in total. The Balaban J connectivity index is 0.00000323. The molecule has 0 saturated heterocycles. The van der Waals surface area contributed by atoms with Gasteiger partial charge in [-0.3, -0.25) is 0 Å². The zero-order valence-electron chi connectivity index (χ0n) is 24.8. The summed E-state index contributed by atoms with van der Waals surface area (Å²) < 4.78 is 13.0. The van der Waals surface area contributed by atoms with E-state index in [1.165, 1.54) is 0 Å². The molecule has 0 aliphatic heterocycles. The summed E-state index contributed by atoms with van der Waals surface area (Å²) in [5.41, 5.74) is 3.84. The van der Waals surface area contributed by atoms with E-state index in [1.54, 1.807) is 22.0 Å². The molecule has 4 rings (SSSR count). The van der Waals surface area contributed by atoms with Gasteiger partial charge in [0, 0.05) is 47.8 Å². The Morgan fingerprint density at radius 2 is 1.02 bits per heavy atom. The molecule has 0 N–H and O–H groups in total. The van der Waals surface area contributed by atoms with Gasteiger partial charge in [0.1, 0.15) is 0 Å². The maximum absolute atomic E-state index is 6.02. The SMILES string of the molecule is C.C.CCN(CCOCCN(CC)c1ccc(N=Nc2n(C)nc[n+]2C)cc1)c1ccc(N=Nc2n(C)nc[n+]2C)cc1. The third-order valence-corrected chi connectivity index (χ3v) is 6.72. The second kappa shape index (κ2) is 16.8. The highest BCUT2D eigenvalue weighted by atomic mass is 16.5. The number of rotatable bonds is 14. The van der Waals surface area contributed by atoms with Crippen molar-refractivity contribution in [3.63, 3.8) is 0 Å². The quantitative estimate of drug-likeness (QED) is 0.113. The molecule has 0 radical (unpaired) electrons. The van der Waals surface area contributed by atoms with Crippen LogP contribution in [0, 0.1) is 0 Å². The number of likely N-dealkylation sites (N-methyl/N-ethyl adjacent to an activating group) is 2. The first kappa shape index (κ1) is 34.7. The summed E-state index contributed by atoms with van der Waals surface area (Å²) in [5, 5.41) is 25.6. The highest BCUT2D eigenvalue weighted by molar-refractivity contribution is 5.53. The van der Waals surface area contributed by atoms with E-state index in [2.05, 4.69) is 78.6 Å². The van der Waals surface area contributed by atoms with Crippen molar-refractivity contribution < 1.29 is 13.9 Å². The molecule has 0 amide bonds. The number of hydrogen-bond donors (Lipinski definition) is 0. The predicted octanol–water partition coefficient (Wildman–Crippen LogP) is 5.28. The third-order valence-electron chi connectivity index (χ3n) is 6.72. The van der Waals surface area contributed by atoms with Crippen LogP contribution >= 0.6 is 0 Å². The second-order valence-electron chi connectivity index (χ2n) is 9.54. The van der Waals surface area contributed by atoms with Crippen LogP contribution in [0.2, 0.25) is 0 Å². The number of ether oxygens (including phenoxy) is 1. The molecule has 2 aromatic heterocycles. The van der Waals surface area contributed by atoms with Gasteiger partial charge in [0.25, 0.3) is 0 Å². The van der Waals surface area contributed by atoms with Crippen molar-refractivity contribution in [3.05, 3.63) is 61.2 Å². The molecule has 0 bridgehead atoms. The molecule has 232 valence electrons. The Morgan fingerprint density at radius 3 is 1.33 bits per heavy atom. The van der Waals surface area contributed by atoms with E-state index in [0.717, 1.165) is 48.9 Å². The summed E-state index contributed by atoms with van der Waals surface area (Å²) in [5.74, 6) is 1.36. The molecule has 0 unspecified atom stereocenters. The molecule has 0 aliphatic carbocycles. The number of hydrogen-bond acceptors (Lipinski definition) is 9. The molecular formula is C30H48N12O+2. The molecule has 13 heteroatoms. The number of nitrogens with zero attached hydrogens (tertiary/aromatic N) is 12. The van der Waals surface area contributed by atoms with Crippen LogP contribution < -0.4 is 18.9 Å². The summed E-state index contributed by atoms with van der Waals surface area (Å²) in [4.78, 5) is 4.58. The van der Waals surface area contributed by atoms with Gasteiger partial charge in [-0.15, -0.1) is 9.36 Å². The highest BCUT2D eigenvalue weighted by Gasteiger charge is 2.13. The lowest BCUT2D eigenvalue weighted by Crippen LogP contribution is -2.30. The van der Waals surface area contributed by atoms with E-state index < -0.39 is 0 Å². The number of aryl methyl sites for hydroxylation is 4. The van der Waals surface area contributed by atoms with Crippen molar-refractivity contribution >= 4 is 34.6 Å². The molecule has 0 saturated carbocycles. The fraction of sp³-hybridized carbons (Fsp3) is 0.467. The van der Waals surface area contributed by atoms with Crippen LogP contribution in [0.4, 0.5) is 34.6 Å². The lowest BCUT2D eigenvalue weighted by atomic mass is 10.2. The van der Waals surface area contributed by atoms with Gasteiger partial charge in [0.15, 0.2) is 0 Å². The standard InChI is InChI=1S/C28H40N12O.2CH4/c1-7-39(25-13-9-23(10-14-25)31-33-27-35(3)21-29-37(27)5)17-19-41-20-18-40(8-2)26-15-11-24(12-16-26)32-34-28-36(4)22-30-38(28)6;;/h9-16,21-22H,7-8,17-20H2,1-6H3;2*1H4/q+2;;. The fourth-order valence-corrected chi connectivity index (χ4v) is 4.30. The average molecular weight is 593 g/mol. The number of aromatic nitrogens is 6. The fourth-order valence-electron chi connectivity index (χ4n) is 4.30. The van der Waals surface area contributed by atoms with Gasteiger partial charge < -0.3 is 14.5 Å². The molecule has 0 spiro atoms. The van der Waals surface area contributed by atoms with Gasteiger partial charge in [-0.25, -0.2) is 9.13 Å². The first-order valence-electron chi connectivity index (χ1n) is 13.8. The second-order valence-corrected chi connectivity index (χ2v) is 9.54. The zero-order chi connectivity index (χ0) is 29.2.